The summed E-state index contributed by atoms with van der Waals surface area (Å²) in [4.78, 5) is 11.6. The first-order valence-electron chi connectivity index (χ1n) is 5.76. The highest BCUT2D eigenvalue weighted by atomic mass is 127. The normalized spacial score (nSPS) is 29.2. The van der Waals surface area contributed by atoms with E-state index in [4.69, 9.17) is 5.73 Å². The summed E-state index contributed by atoms with van der Waals surface area (Å²) in [7, 11) is 1.81. The molecule has 0 bridgehead atoms. The van der Waals surface area contributed by atoms with Gasteiger partial charge in [-0.1, -0.05) is 0 Å². The fourth-order valence-corrected chi connectivity index (χ4v) is 2.97. The monoisotopic (exact) mass is 348 g/mol. The van der Waals surface area contributed by atoms with Gasteiger partial charge >= 0.3 is 0 Å². The number of halogens is 1. The number of nitrogens with one attached hydrogen (secondary N) is 1. The molecule has 2 unspecified atom stereocenters. The van der Waals surface area contributed by atoms with E-state index in [-0.39, 0.29) is 11.9 Å². The molecule has 3 N–H and O–H groups in total. The van der Waals surface area contributed by atoms with Crippen LogP contribution in [0.3, 0.4) is 0 Å². The van der Waals surface area contributed by atoms with Crippen molar-refractivity contribution in [3.63, 3.8) is 0 Å². The minimum Gasteiger partial charge on any atom is -0.368 e. The minimum atomic E-state index is -0.569. The van der Waals surface area contributed by atoms with Gasteiger partial charge in [-0.15, -0.1) is 0 Å². The van der Waals surface area contributed by atoms with E-state index in [2.05, 4.69) is 33.0 Å². The molecule has 17 heavy (non-hydrogen) atoms. The molecule has 1 amide bonds. The van der Waals surface area contributed by atoms with Crippen LogP contribution in [0.25, 0.3) is 0 Å². The molecule has 1 aromatic heterocycles. The van der Waals surface area contributed by atoms with E-state index in [1.54, 1.807) is 7.05 Å². The van der Waals surface area contributed by atoms with E-state index in [1.807, 2.05) is 17.1 Å². The Morgan fingerprint density at radius 3 is 3.06 bits per heavy atom. The molecule has 0 spiro atoms. The summed E-state index contributed by atoms with van der Waals surface area (Å²) in [6, 6.07) is 0.257. The molecule has 2 atom stereocenters. The molecule has 1 fully saturated rings. The number of nitrogens with two attached hydrogens (primary N) is 1. The number of carbonyl (C=O) groups is 1. The van der Waals surface area contributed by atoms with Crippen molar-refractivity contribution < 1.29 is 4.79 Å². The van der Waals surface area contributed by atoms with Crippen LogP contribution < -0.4 is 11.1 Å². The third-order valence-corrected chi connectivity index (χ3v) is 4.18. The molecule has 2 rings (SSSR count). The molecule has 1 saturated carbocycles. The summed E-state index contributed by atoms with van der Waals surface area (Å²) in [6.07, 6.45) is 7.42. The van der Waals surface area contributed by atoms with Crippen LogP contribution in [-0.2, 0) is 4.79 Å². The summed E-state index contributed by atoms with van der Waals surface area (Å²) in [6.45, 7) is 0. The Kier molecular flexibility index (Phi) is 3.72. The van der Waals surface area contributed by atoms with Crippen LogP contribution in [0, 0.1) is 3.57 Å². The van der Waals surface area contributed by atoms with Crippen molar-refractivity contribution in [2.24, 2.45) is 5.73 Å². The van der Waals surface area contributed by atoms with E-state index in [1.165, 1.54) is 0 Å². The smallest absolute Gasteiger partial charge is 0.237 e. The molecule has 1 aliphatic rings. The Morgan fingerprint density at radius 1 is 1.76 bits per heavy atom. The topological polar surface area (TPSA) is 72.9 Å². The lowest BCUT2D eigenvalue weighted by Crippen LogP contribution is -2.56. The van der Waals surface area contributed by atoms with Crippen LogP contribution >= 0.6 is 22.6 Å². The molecule has 0 radical (unpaired) electrons. The van der Waals surface area contributed by atoms with Gasteiger partial charge in [0.15, 0.2) is 0 Å². The zero-order valence-electron chi connectivity index (χ0n) is 9.82. The van der Waals surface area contributed by atoms with Crippen LogP contribution in [0.1, 0.15) is 31.7 Å². The maximum absolute atomic E-state index is 11.6. The number of likely N-dealkylation sites (N-methyl/N-ethyl adjacent to an activating group) is 1. The second-order valence-corrected chi connectivity index (χ2v) is 5.83. The summed E-state index contributed by atoms with van der Waals surface area (Å²) >= 11 is 2.24. The zero-order chi connectivity index (χ0) is 12.5. The zero-order valence-corrected chi connectivity index (χ0v) is 12.0. The van der Waals surface area contributed by atoms with E-state index in [9.17, 15) is 4.79 Å². The van der Waals surface area contributed by atoms with E-state index in [0.29, 0.717) is 0 Å². The molecule has 1 heterocycles. The number of amides is 1. The quantitative estimate of drug-likeness (QED) is 0.802. The Labute approximate surface area is 114 Å². The molecule has 0 aliphatic heterocycles. The van der Waals surface area contributed by atoms with Gasteiger partial charge in [0.25, 0.3) is 0 Å². The Bertz CT molecular complexity index is 419. The summed E-state index contributed by atoms with van der Waals surface area (Å²) in [5.74, 6) is -0.258. The molecule has 94 valence electrons. The van der Waals surface area contributed by atoms with Gasteiger partial charge in [0.1, 0.15) is 0 Å². The van der Waals surface area contributed by atoms with Crippen molar-refractivity contribution in [3.05, 3.63) is 16.0 Å². The van der Waals surface area contributed by atoms with Gasteiger partial charge in [0.2, 0.25) is 5.91 Å². The van der Waals surface area contributed by atoms with Gasteiger partial charge in [0.05, 0.1) is 21.3 Å². The molecule has 0 aromatic carbocycles. The first kappa shape index (κ1) is 12.8. The van der Waals surface area contributed by atoms with Crippen molar-refractivity contribution in [3.8, 4) is 0 Å². The first-order valence-corrected chi connectivity index (χ1v) is 6.84. The lowest BCUT2D eigenvalue weighted by molar-refractivity contribution is -0.126. The maximum Gasteiger partial charge on any atom is 0.237 e. The molecule has 0 saturated heterocycles. The number of carbonyl (C=O) groups excluding carboxylic acids is 1. The van der Waals surface area contributed by atoms with Gasteiger partial charge in [-0.2, -0.15) is 5.10 Å². The third kappa shape index (κ3) is 2.47. The average molecular weight is 348 g/mol. The van der Waals surface area contributed by atoms with E-state index >= 15 is 0 Å². The van der Waals surface area contributed by atoms with Crippen LogP contribution in [0.4, 0.5) is 0 Å². The van der Waals surface area contributed by atoms with Crippen molar-refractivity contribution in [2.75, 3.05) is 7.05 Å². The summed E-state index contributed by atoms with van der Waals surface area (Å²) < 4.78 is 3.07. The predicted octanol–water partition coefficient (Wildman–Crippen LogP) is 1.05. The molecular weight excluding hydrogens is 331 g/mol. The molecule has 5 nitrogen and oxygen atoms in total. The highest BCUT2D eigenvalue weighted by Gasteiger charge is 2.40. The number of primary amides is 1. The fraction of sp³-hybridized carbons (Fsp3) is 0.636. The van der Waals surface area contributed by atoms with Crippen LogP contribution in [0.2, 0.25) is 0 Å². The summed E-state index contributed by atoms with van der Waals surface area (Å²) in [5.41, 5.74) is 4.96. The number of nitrogens with zero attached hydrogens (tertiary/aromatic N) is 2. The van der Waals surface area contributed by atoms with Crippen molar-refractivity contribution in [1.82, 2.24) is 15.1 Å². The SMILES string of the molecule is CNC1(C(N)=O)CCCC(n2cc(I)cn2)C1. The van der Waals surface area contributed by atoms with Crippen LogP contribution in [-0.4, -0.2) is 28.3 Å². The summed E-state index contributed by atoms with van der Waals surface area (Å²) in [5, 5.41) is 7.43. The van der Waals surface area contributed by atoms with Gasteiger partial charge in [0, 0.05) is 6.20 Å². The Balaban J connectivity index is 2.19. The first-order chi connectivity index (χ1) is 8.07. The Hall–Kier alpha value is -0.630. The lowest BCUT2D eigenvalue weighted by Gasteiger charge is -2.38. The van der Waals surface area contributed by atoms with Crippen molar-refractivity contribution >= 4 is 28.5 Å². The Morgan fingerprint density at radius 2 is 2.53 bits per heavy atom. The van der Waals surface area contributed by atoms with Crippen LogP contribution in [0.15, 0.2) is 12.4 Å². The number of aromatic nitrogens is 2. The van der Waals surface area contributed by atoms with Crippen LogP contribution in [0.5, 0.6) is 0 Å². The van der Waals surface area contributed by atoms with E-state index in [0.717, 1.165) is 29.3 Å². The average Bonchev–Trinajstić information content (AvgIpc) is 2.76. The number of hydrogen-bond donors (Lipinski definition) is 2. The number of hydrogen-bond acceptors (Lipinski definition) is 3. The molecule has 1 aliphatic carbocycles. The minimum absolute atomic E-state index is 0.257. The van der Waals surface area contributed by atoms with Crippen molar-refractivity contribution in [2.45, 2.75) is 37.3 Å². The fourth-order valence-electron chi connectivity index (χ4n) is 2.56. The predicted molar refractivity (Wildman–Crippen MR) is 73.4 cm³/mol. The van der Waals surface area contributed by atoms with Gasteiger partial charge < -0.3 is 11.1 Å². The number of rotatable bonds is 3. The molecule has 1 aromatic rings. The highest BCUT2D eigenvalue weighted by Crippen LogP contribution is 2.35. The molecular formula is C11H17IN4O. The third-order valence-electron chi connectivity index (χ3n) is 3.62. The second-order valence-electron chi connectivity index (χ2n) is 4.59. The molecule has 6 heteroatoms. The van der Waals surface area contributed by atoms with Gasteiger partial charge in [-0.25, -0.2) is 0 Å². The largest absolute Gasteiger partial charge is 0.368 e. The maximum atomic E-state index is 11.6. The second kappa shape index (κ2) is 4.93. The van der Waals surface area contributed by atoms with Crippen molar-refractivity contribution in [1.29, 1.82) is 0 Å². The van der Waals surface area contributed by atoms with E-state index < -0.39 is 5.54 Å². The highest BCUT2D eigenvalue weighted by molar-refractivity contribution is 14.1. The van der Waals surface area contributed by atoms with Gasteiger partial charge in [-0.05, 0) is 55.3 Å². The standard InChI is InChI=1S/C11H17IN4O/c1-14-11(10(13)17)4-2-3-9(5-11)16-7-8(12)6-15-16/h6-7,9,14H,2-5H2,1H3,(H2,13,17). The van der Waals surface area contributed by atoms with Gasteiger partial charge in [-0.3, -0.25) is 9.48 Å². The lowest BCUT2D eigenvalue weighted by atomic mass is 9.78.